The summed E-state index contributed by atoms with van der Waals surface area (Å²) in [4.78, 5) is 26.0. The van der Waals surface area contributed by atoms with E-state index >= 15 is 0 Å². The van der Waals surface area contributed by atoms with E-state index in [2.05, 4.69) is 12.2 Å². The SMILES string of the molecule is Cc1cccc(NC(=O)COC(=O)c2cc3c(s2)CC[C@@H](C)C3)c1. The van der Waals surface area contributed by atoms with Crippen molar-refractivity contribution < 1.29 is 14.3 Å². The molecule has 2 aromatic rings. The van der Waals surface area contributed by atoms with Crippen molar-refractivity contribution in [2.24, 2.45) is 5.92 Å². The first kappa shape index (κ1) is 16.7. The largest absolute Gasteiger partial charge is 0.451 e. The number of thiophene rings is 1. The van der Waals surface area contributed by atoms with Gasteiger partial charge in [0.05, 0.1) is 0 Å². The van der Waals surface area contributed by atoms with Crippen LogP contribution < -0.4 is 5.32 Å². The van der Waals surface area contributed by atoms with Gasteiger partial charge in [-0.05, 0) is 61.4 Å². The average molecular weight is 343 g/mol. The number of carbonyl (C=O) groups is 2. The van der Waals surface area contributed by atoms with Gasteiger partial charge in [0.1, 0.15) is 4.88 Å². The van der Waals surface area contributed by atoms with Crippen LogP contribution in [0.4, 0.5) is 5.69 Å². The van der Waals surface area contributed by atoms with Crippen molar-refractivity contribution in [2.75, 3.05) is 11.9 Å². The van der Waals surface area contributed by atoms with Gasteiger partial charge >= 0.3 is 5.97 Å². The smallest absolute Gasteiger partial charge is 0.348 e. The van der Waals surface area contributed by atoms with Crippen LogP contribution in [0.15, 0.2) is 30.3 Å². The molecule has 1 aromatic carbocycles. The number of esters is 1. The van der Waals surface area contributed by atoms with E-state index in [-0.39, 0.29) is 12.5 Å². The highest BCUT2D eigenvalue weighted by Gasteiger charge is 2.21. The Kier molecular flexibility index (Phi) is 5.00. The number of ether oxygens (including phenoxy) is 1. The Morgan fingerprint density at radius 1 is 1.33 bits per heavy atom. The van der Waals surface area contributed by atoms with Crippen LogP contribution in [-0.2, 0) is 22.4 Å². The first-order chi connectivity index (χ1) is 11.5. The van der Waals surface area contributed by atoms with E-state index in [0.29, 0.717) is 16.5 Å². The minimum absolute atomic E-state index is 0.272. The summed E-state index contributed by atoms with van der Waals surface area (Å²) >= 11 is 1.50. The second-order valence-corrected chi connectivity index (χ2v) is 7.54. The number of rotatable bonds is 4. The lowest BCUT2D eigenvalue weighted by Gasteiger charge is -2.16. The predicted octanol–water partition coefficient (Wildman–Crippen LogP) is 3.98. The molecule has 24 heavy (non-hydrogen) atoms. The molecule has 0 fully saturated rings. The van der Waals surface area contributed by atoms with Gasteiger partial charge in [-0.2, -0.15) is 0 Å². The van der Waals surface area contributed by atoms with Crippen LogP contribution in [0.1, 0.15) is 39.0 Å². The standard InChI is InChI=1S/C19H21NO3S/c1-12-4-3-5-15(9-12)20-18(21)11-23-19(22)17-10-14-8-13(2)6-7-16(14)24-17/h3-5,9-10,13H,6-8,11H2,1-2H3,(H,20,21)/t13-/m1/s1. The number of fused-ring (bicyclic) bond motifs is 1. The van der Waals surface area contributed by atoms with Crippen LogP contribution in [0.5, 0.6) is 0 Å². The average Bonchev–Trinajstić information content (AvgIpc) is 2.95. The number of benzene rings is 1. The molecule has 1 atom stereocenters. The molecule has 0 aliphatic heterocycles. The molecular weight excluding hydrogens is 322 g/mol. The maximum atomic E-state index is 12.2. The number of amides is 1. The third-order valence-electron chi connectivity index (χ3n) is 4.17. The lowest BCUT2D eigenvalue weighted by Crippen LogP contribution is -2.20. The molecule has 0 saturated carbocycles. The molecule has 4 nitrogen and oxygen atoms in total. The van der Waals surface area contributed by atoms with E-state index in [9.17, 15) is 9.59 Å². The molecule has 0 saturated heterocycles. The van der Waals surface area contributed by atoms with Gasteiger partial charge in [-0.25, -0.2) is 4.79 Å². The van der Waals surface area contributed by atoms with Gasteiger partial charge in [0.2, 0.25) is 0 Å². The van der Waals surface area contributed by atoms with Crippen LogP contribution in [0.3, 0.4) is 0 Å². The van der Waals surface area contributed by atoms with Crippen LogP contribution in [0, 0.1) is 12.8 Å². The molecule has 0 radical (unpaired) electrons. The molecular formula is C19H21NO3S. The van der Waals surface area contributed by atoms with Crippen LogP contribution in [-0.4, -0.2) is 18.5 Å². The summed E-state index contributed by atoms with van der Waals surface area (Å²) in [5.41, 5.74) is 3.02. The van der Waals surface area contributed by atoms with E-state index in [4.69, 9.17) is 4.74 Å². The Bertz CT molecular complexity index is 766. The second-order valence-electron chi connectivity index (χ2n) is 6.40. The Morgan fingerprint density at radius 3 is 2.96 bits per heavy atom. The minimum Gasteiger partial charge on any atom is -0.451 e. The van der Waals surface area contributed by atoms with Crippen molar-refractivity contribution in [2.45, 2.75) is 33.1 Å². The van der Waals surface area contributed by atoms with E-state index in [1.807, 2.05) is 31.2 Å². The maximum absolute atomic E-state index is 12.2. The van der Waals surface area contributed by atoms with Gasteiger partial charge in [-0.1, -0.05) is 19.1 Å². The zero-order valence-corrected chi connectivity index (χ0v) is 14.7. The molecule has 5 heteroatoms. The molecule has 1 N–H and O–H groups in total. The summed E-state index contributed by atoms with van der Waals surface area (Å²) in [7, 11) is 0. The van der Waals surface area contributed by atoms with E-state index in [1.165, 1.54) is 28.2 Å². The number of hydrogen-bond acceptors (Lipinski definition) is 4. The summed E-state index contributed by atoms with van der Waals surface area (Å²) in [6.45, 7) is 3.91. The van der Waals surface area contributed by atoms with Crippen molar-refractivity contribution in [3.05, 3.63) is 51.2 Å². The second kappa shape index (κ2) is 7.18. The fraction of sp³-hybridized carbons (Fsp3) is 0.368. The fourth-order valence-electron chi connectivity index (χ4n) is 2.93. The number of hydrogen-bond donors (Lipinski definition) is 1. The lowest BCUT2D eigenvalue weighted by molar-refractivity contribution is -0.119. The van der Waals surface area contributed by atoms with Gasteiger partial charge in [0, 0.05) is 10.6 Å². The zero-order valence-electron chi connectivity index (χ0n) is 13.9. The third-order valence-corrected chi connectivity index (χ3v) is 5.38. The van der Waals surface area contributed by atoms with Crippen LogP contribution >= 0.6 is 11.3 Å². The predicted molar refractivity (Wildman–Crippen MR) is 95.6 cm³/mol. The maximum Gasteiger partial charge on any atom is 0.348 e. The van der Waals surface area contributed by atoms with Gasteiger partial charge in [0.25, 0.3) is 5.91 Å². The van der Waals surface area contributed by atoms with Crippen molar-refractivity contribution in [1.29, 1.82) is 0 Å². The van der Waals surface area contributed by atoms with E-state index in [1.54, 1.807) is 6.07 Å². The summed E-state index contributed by atoms with van der Waals surface area (Å²) in [6.07, 6.45) is 3.22. The third kappa shape index (κ3) is 4.03. The lowest BCUT2D eigenvalue weighted by atomic mass is 9.90. The van der Waals surface area contributed by atoms with Gasteiger partial charge in [-0.15, -0.1) is 11.3 Å². The quantitative estimate of drug-likeness (QED) is 0.855. The Morgan fingerprint density at radius 2 is 2.17 bits per heavy atom. The molecule has 1 aromatic heterocycles. The Labute approximate surface area is 145 Å². The van der Waals surface area contributed by atoms with Gasteiger partial charge in [0.15, 0.2) is 6.61 Å². The number of anilines is 1. The monoisotopic (exact) mass is 343 g/mol. The Balaban J connectivity index is 1.55. The molecule has 1 amide bonds. The van der Waals surface area contributed by atoms with Crippen LogP contribution in [0.25, 0.3) is 0 Å². The van der Waals surface area contributed by atoms with Crippen molar-refractivity contribution in [1.82, 2.24) is 0 Å². The topological polar surface area (TPSA) is 55.4 Å². The van der Waals surface area contributed by atoms with Crippen LogP contribution in [0.2, 0.25) is 0 Å². The number of aryl methyl sites for hydroxylation is 2. The molecule has 0 unspecified atom stereocenters. The first-order valence-electron chi connectivity index (χ1n) is 8.16. The van der Waals surface area contributed by atoms with E-state index in [0.717, 1.165) is 18.4 Å². The molecule has 1 aliphatic rings. The van der Waals surface area contributed by atoms with Crippen molar-refractivity contribution >= 4 is 28.9 Å². The highest BCUT2D eigenvalue weighted by Crippen LogP contribution is 2.32. The Hall–Kier alpha value is -2.14. The van der Waals surface area contributed by atoms with Gasteiger partial charge < -0.3 is 10.1 Å². The highest BCUT2D eigenvalue weighted by atomic mass is 32.1. The summed E-state index contributed by atoms with van der Waals surface area (Å²) in [5.74, 6) is -0.0820. The highest BCUT2D eigenvalue weighted by molar-refractivity contribution is 7.14. The minimum atomic E-state index is -0.415. The number of nitrogens with one attached hydrogen (secondary N) is 1. The van der Waals surface area contributed by atoms with Crippen molar-refractivity contribution in [3.8, 4) is 0 Å². The molecule has 1 heterocycles. The number of carbonyl (C=O) groups excluding carboxylic acids is 2. The molecule has 0 spiro atoms. The summed E-state index contributed by atoms with van der Waals surface area (Å²) in [6, 6.07) is 9.43. The zero-order chi connectivity index (χ0) is 17.1. The summed E-state index contributed by atoms with van der Waals surface area (Å²) < 4.78 is 5.16. The molecule has 126 valence electrons. The molecule has 1 aliphatic carbocycles. The van der Waals surface area contributed by atoms with Crippen molar-refractivity contribution in [3.63, 3.8) is 0 Å². The normalized spacial score (nSPS) is 16.3. The summed E-state index contributed by atoms with van der Waals surface area (Å²) in [5, 5.41) is 2.73. The fourth-order valence-corrected chi connectivity index (χ4v) is 4.03. The molecule has 3 rings (SSSR count). The first-order valence-corrected chi connectivity index (χ1v) is 8.98. The van der Waals surface area contributed by atoms with Gasteiger partial charge in [-0.3, -0.25) is 4.79 Å². The molecule has 0 bridgehead atoms. The van der Waals surface area contributed by atoms with E-state index < -0.39 is 5.97 Å².